The number of benzene rings is 1. The lowest BCUT2D eigenvalue weighted by Crippen LogP contribution is -2.30. The van der Waals surface area contributed by atoms with Gasteiger partial charge in [-0.2, -0.15) is 0 Å². The predicted octanol–water partition coefficient (Wildman–Crippen LogP) is 4.85. The third-order valence-electron chi connectivity index (χ3n) is 5.02. The number of fused-ring (bicyclic) bond motifs is 1. The highest BCUT2D eigenvalue weighted by Crippen LogP contribution is 2.32. The average molecular weight is 343 g/mol. The van der Waals surface area contributed by atoms with Gasteiger partial charge in [-0.15, -0.1) is 11.3 Å². The van der Waals surface area contributed by atoms with E-state index in [1.807, 2.05) is 30.4 Å². The van der Waals surface area contributed by atoms with Crippen LogP contribution in [0.15, 0.2) is 23.6 Å². The molecule has 1 aliphatic rings. The molecule has 4 heteroatoms. The Labute approximate surface area is 148 Å². The van der Waals surface area contributed by atoms with Crippen LogP contribution in [0.5, 0.6) is 0 Å². The summed E-state index contributed by atoms with van der Waals surface area (Å²) in [5.41, 5.74) is 6.17. The van der Waals surface area contributed by atoms with E-state index >= 15 is 0 Å². The third-order valence-corrected chi connectivity index (χ3v) is 6.12. The summed E-state index contributed by atoms with van der Waals surface area (Å²) in [6, 6.07) is 5.84. The first-order chi connectivity index (χ1) is 11.5. The minimum atomic E-state index is -0.124. The first-order valence-corrected chi connectivity index (χ1v) is 9.61. The molecule has 0 radical (unpaired) electrons. The number of hydrogen-bond acceptors (Lipinski definition) is 2. The molecular weight excluding hydrogens is 316 g/mol. The van der Waals surface area contributed by atoms with Crippen LogP contribution >= 0.6 is 11.3 Å². The van der Waals surface area contributed by atoms with E-state index in [2.05, 4.69) is 35.9 Å². The second kappa shape index (κ2) is 7.39. The van der Waals surface area contributed by atoms with Crippen molar-refractivity contribution >= 4 is 23.1 Å². The second-order valence-electron chi connectivity index (χ2n) is 6.89. The van der Waals surface area contributed by atoms with Crippen LogP contribution < -0.4 is 10.6 Å². The molecule has 0 saturated heterocycles. The van der Waals surface area contributed by atoms with E-state index in [0.29, 0.717) is 6.54 Å². The van der Waals surface area contributed by atoms with E-state index < -0.39 is 0 Å². The van der Waals surface area contributed by atoms with Crippen molar-refractivity contribution in [2.24, 2.45) is 5.92 Å². The summed E-state index contributed by atoms with van der Waals surface area (Å²) in [6.45, 7) is 7.10. The molecule has 1 aliphatic carbocycles. The summed E-state index contributed by atoms with van der Waals surface area (Å²) < 4.78 is 0. The summed E-state index contributed by atoms with van der Waals surface area (Å²) >= 11 is 1.89. The van der Waals surface area contributed by atoms with Gasteiger partial charge in [0.1, 0.15) is 0 Å². The first kappa shape index (κ1) is 17.0. The molecule has 0 spiro atoms. The molecule has 0 unspecified atom stereocenters. The molecule has 2 amide bonds. The molecule has 24 heavy (non-hydrogen) atoms. The number of carbonyl (C=O) groups excluding carboxylic acids is 1. The molecule has 0 saturated carbocycles. The van der Waals surface area contributed by atoms with Crippen LogP contribution in [-0.2, 0) is 19.3 Å². The minimum Gasteiger partial charge on any atom is -0.338 e. The predicted molar refractivity (Wildman–Crippen MR) is 102 cm³/mol. The molecule has 3 nitrogen and oxygen atoms in total. The Balaban J connectivity index is 1.52. The summed E-state index contributed by atoms with van der Waals surface area (Å²) in [7, 11) is 0. The lowest BCUT2D eigenvalue weighted by molar-refractivity contribution is 0.252. The molecule has 0 fully saturated rings. The van der Waals surface area contributed by atoms with E-state index in [1.165, 1.54) is 30.4 Å². The number of urea groups is 1. The normalized spacial score (nSPS) is 16.5. The Hall–Kier alpha value is -1.81. The van der Waals surface area contributed by atoms with E-state index in [0.717, 1.165) is 23.6 Å². The van der Waals surface area contributed by atoms with Crippen LogP contribution in [0.25, 0.3) is 0 Å². The lowest BCUT2D eigenvalue weighted by atomic mass is 9.88. The number of anilines is 1. The third kappa shape index (κ3) is 3.81. The number of carbonyl (C=O) groups is 1. The Morgan fingerprint density at radius 3 is 3.00 bits per heavy atom. The maximum atomic E-state index is 12.1. The quantitative estimate of drug-likeness (QED) is 0.819. The molecule has 1 aromatic heterocycles. The van der Waals surface area contributed by atoms with Crippen LogP contribution in [-0.4, -0.2) is 12.6 Å². The van der Waals surface area contributed by atoms with Crippen LogP contribution in [0.4, 0.5) is 10.5 Å². The molecule has 1 atom stereocenters. The smallest absolute Gasteiger partial charge is 0.319 e. The van der Waals surface area contributed by atoms with Crippen LogP contribution in [0, 0.1) is 19.8 Å². The van der Waals surface area contributed by atoms with Crippen molar-refractivity contribution in [2.45, 2.75) is 46.5 Å². The maximum absolute atomic E-state index is 12.1. The van der Waals surface area contributed by atoms with Gasteiger partial charge < -0.3 is 10.6 Å². The highest BCUT2D eigenvalue weighted by Gasteiger charge is 2.19. The molecule has 3 rings (SSSR count). The van der Waals surface area contributed by atoms with Crippen LogP contribution in [0.2, 0.25) is 0 Å². The number of rotatable bonds is 4. The number of hydrogen-bond donors (Lipinski definition) is 2. The fraction of sp³-hybridized carbons (Fsp3) is 0.450. The Morgan fingerprint density at radius 1 is 1.33 bits per heavy atom. The van der Waals surface area contributed by atoms with Gasteiger partial charge >= 0.3 is 6.03 Å². The van der Waals surface area contributed by atoms with E-state index in [9.17, 15) is 4.79 Å². The fourth-order valence-electron chi connectivity index (χ4n) is 3.32. The lowest BCUT2D eigenvalue weighted by Gasteiger charge is -2.19. The summed E-state index contributed by atoms with van der Waals surface area (Å²) in [4.78, 5) is 13.7. The van der Waals surface area contributed by atoms with Gasteiger partial charge in [-0.25, -0.2) is 4.79 Å². The summed E-state index contributed by atoms with van der Waals surface area (Å²) in [5, 5.41) is 8.22. The van der Waals surface area contributed by atoms with Crippen molar-refractivity contribution in [3.63, 3.8) is 0 Å². The monoisotopic (exact) mass is 342 g/mol. The molecule has 128 valence electrons. The average Bonchev–Trinajstić information content (AvgIpc) is 2.94. The van der Waals surface area contributed by atoms with Crippen LogP contribution in [0.3, 0.4) is 0 Å². The van der Waals surface area contributed by atoms with Gasteiger partial charge in [-0.3, -0.25) is 0 Å². The SMILES string of the molecule is Cc1cccc(NC(=O)NCCc2csc3c2CC[C@H](C)C3)c1C. The van der Waals surface area contributed by atoms with Gasteiger partial charge in [-0.1, -0.05) is 19.1 Å². The van der Waals surface area contributed by atoms with Gasteiger partial charge in [0.25, 0.3) is 0 Å². The Morgan fingerprint density at radius 2 is 2.17 bits per heavy atom. The number of thiophene rings is 1. The molecule has 0 bridgehead atoms. The van der Waals surface area contributed by atoms with E-state index in [1.54, 1.807) is 10.4 Å². The van der Waals surface area contributed by atoms with Gasteiger partial charge in [0.15, 0.2) is 0 Å². The van der Waals surface area contributed by atoms with Gasteiger partial charge in [0.2, 0.25) is 0 Å². The highest BCUT2D eigenvalue weighted by molar-refractivity contribution is 7.10. The molecule has 1 aromatic carbocycles. The molecular formula is C20H26N2OS. The van der Waals surface area contributed by atoms with Crippen molar-refractivity contribution in [3.05, 3.63) is 50.7 Å². The van der Waals surface area contributed by atoms with Crippen molar-refractivity contribution in [3.8, 4) is 0 Å². The van der Waals surface area contributed by atoms with Crippen molar-refractivity contribution < 1.29 is 4.79 Å². The minimum absolute atomic E-state index is 0.124. The molecule has 2 aromatic rings. The van der Waals surface area contributed by atoms with Crippen molar-refractivity contribution in [1.82, 2.24) is 5.32 Å². The molecule has 1 heterocycles. The Kier molecular flexibility index (Phi) is 5.24. The number of amides is 2. The van der Waals surface area contributed by atoms with Gasteiger partial charge in [0.05, 0.1) is 0 Å². The highest BCUT2D eigenvalue weighted by atomic mass is 32.1. The van der Waals surface area contributed by atoms with Gasteiger partial charge in [0, 0.05) is 17.1 Å². The van der Waals surface area contributed by atoms with Crippen LogP contribution in [0.1, 0.15) is 40.5 Å². The summed E-state index contributed by atoms with van der Waals surface area (Å²) in [5.74, 6) is 0.811. The zero-order valence-electron chi connectivity index (χ0n) is 14.7. The van der Waals surface area contributed by atoms with E-state index in [-0.39, 0.29) is 6.03 Å². The standard InChI is InChI=1S/C20H26N2OS/c1-13-7-8-17-16(12-24-19(17)11-13)9-10-21-20(23)22-18-6-4-5-14(2)15(18)3/h4-6,12-13H,7-11H2,1-3H3,(H2,21,22,23)/t13-/m0/s1. The molecule has 2 N–H and O–H groups in total. The molecule has 0 aliphatic heterocycles. The zero-order valence-corrected chi connectivity index (χ0v) is 15.6. The second-order valence-corrected chi connectivity index (χ2v) is 7.85. The maximum Gasteiger partial charge on any atom is 0.319 e. The van der Waals surface area contributed by atoms with Crippen molar-refractivity contribution in [1.29, 1.82) is 0 Å². The van der Waals surface area contributed by atoms with E-state index in [4.69, 9.17) is 0 Å². The van der Waals surface area contributed by atoms with Crippen molar-refractivity contribution in [2.75, 3.05) is 11.9 Å². The largest absolute Gasteiger partial charge is 0.338 e. The zero-order chi connectivity index (χ0) is 17.1. The van der Waals surface area contributed by atoms with Gasteiger partial charge in [-0.05, 0) is 79.1 Å². The summed E-state index contributed by atoms with van der Waals surface area (Å²) in [6.07, 6.45) is 4.63. The number of aryl methyl sites for hydroxylation is 1. The topological polar surface area (TPSA) is 41.1 Å². The first-order valence-electron chi connectivity index (χ1n) is 8.73. The Bertz CT molecular complexity index is 735. The number of nitrogens with one attached hydrogen (secondary N) is 2. The fourth-order valence-corrected chi connectivity index (χ4v) is 4.62.